The molecule has 0 bridgehead atoms. The minimum atomic E-state index is 0.434. The molecular weight excluding hydrogens is 242 g/mol. The fraction of sp³-hybridized carbons (Fsp3) is 0.364. The maximum Gasteiger partial charge on any atom is 0.120 e. The van der Waals surface area contributed by atoms with Crippen molar-refractivity contribution in [3.8, 4) is 0 Å². The predicted molar refractivity (Wildman–Crippen MR) is 65.8 cm³/mol. The van der Waals surface area contributed by atoms with Gasteiger partial charge in [-0.05, 0) is 24.5 Å². The molecule has 5 heteroatoms. The summed E-state index contributed by atoms with van der Waals surface area (Å²) in [5.74, 6) is 0.981. The lowest BCUT2D eigenvalue weighted by molar-refractivity contribution is 0.521. The summed E-state index contributed by atoms with van der Waals surface area (Å²) in [5.41, 5.74) is 1.38. The van der Waals surface area contributed by atoms with Crippen molar-refractivity contribution in [2.24, 2.45) is 0 Å². The Balaban J connectivity index is 1.69. The molecule has 3 nitrogen and oxygen atoms in total. The molecule has 0 radical (unpaired) electrons. The number of aromatic nitrogens is 2. The standard InChI is InChI=1S/C11H12ClN3S/c12-10-5-7-8(1-2-9(7)16-10)15-6-11-13-3-4-14-11/h3-5,8,15H,1-2,6H2,(H,13,14). The lowest BCUT2D eigenvalue weighted by atomic mass is 10.2. The molecule has 0 saturated heterocycles. The highest BCUT2D eigenvalue weighted by Crippen LogP contribution is 2.39. The van der Waals surface area contributed by atoms with E-state index in [9.17, 15) is 0 Å². The summed E-state index contributed by atoms with van der Waals surface area (Å²) < 4.78 is 0.898. The summed E-state index contributed by atoms with van der Waals surface area (Å²) >= 11 is 7.72. The molecule has 16 heavy (non-hydrogen) atoms. The second kappa shape index (κ2) is 4.20. The van der Waals surface area contributed by atoms with Gasteiger partial charge in [0.1, 0.15) is 5.82 Å². The van der Waals surface area contributed by atoms with Crippen molar-refractivity contribution in [3.63, 3.8) is 0 Å². The third kappa shape index (κ3) is 1.88. The van der Waals surface area contributed by atoms with Crippen LogP contribution in [0.5, 0.6) is 0 Å². The SMILES string of the molecule is Clc1cc2c(s1)CCC2NCc1ncc[nH]1. The van der Waals surface area contributed by atoms with Crippen LogP contribution in [0.15, 0.2) is 18.5 Å². The highest BCUT2D eigenvalue weighted by Gasteiger charge is 2.24. The highest BCUT2D eigenvalue weighted by molar-refractivity contribution is 7.16. The molecular formula is C11H12ClN3S. The van der Waals surface area contributed by atoms with Gasteiger partial charge in [-0.3, -0.25) is 0 Å². The van der Waals surface area contributed by atoms with E-state index in [2.05, 4.69) is 21.4 Å². The first-order chi connectivity index (χ1) is 7.83. The van der Waals surface area contributed by atoms with Gasteiger partial charge in [-0.15, -0.1) is 11.3 Å². The zero-order valence-corrected chi connectivity index (χ0v) is 10.2. The Morgan fingerprint density at radius 1 is 1.62 bits per heavy atom. The first kappa shape index (κ1) is 10.3. The first-order valence-electron chi connectivity index (χ1n) is 5.32. The molecule has 0 saturated carbocycles. The maximum atomic E-state index is 6.02. The molecule has 0 fully saturated rings. The third-order valence-corrected chi connectivity index (χ3v) is 4.26. The van der Waals surface area contributed by atoms with Gasteiger partial charge in [-0.1, -0.05) is 11.6 Å². The highest BCUT2D eigenvalue weighted by atomic mass is 35.5. The number of H-pyrrole nitrogens is 1. The van der Waals surface area contributed by atoms with Gasteiger partial charge in [0.15, 0.2) is 0 Å². The lowest BCUT2D eigenvalue weighted by Gasteiger charge is -2.11. The predicted octanol–water partition coefficient (Wildman–Crippen LogP) is 2.90. The summed E-state index contributed by atoms with van der Waals surface area (Å²) in [6.07, 6.45) is 5.93. The summed E-state index contributed by atoms with van der Waals surface area (Å²) in [6, 6.07) is 2.53. The number of halogens is 1. The quantitative estimate of drug-likeness (QED) is 0.883. The third-order valence-electron chi connectivity index (χ3n) is 2.92. The van der Waals surface area contributed by atoms with Crippen molar-refractivity contribution < 1.29 is 0 Å². The van der Waals surface area contributed by atoms with E-state index in [1.54, 1.807) is 17.5 Å². The fourth-order valence-electron chi connectivity index (χ4n) is 2.16. The summed E-state index contributed by atoms with van der Waals surface area (Å²) in [5, 5.41) is 3.51. The van der Waals surface area contributed by atoms with Crippen LogP contribution >= 0.6 is 22.9 Å². The number of fused-ring (bicyclic) bond motifs is 1. The number of hydrogen-bond acceptors (Lipinski definition) is 3. The minimum Gasteiger partial charge on any atom is -0.348 e. The Morgan fingerprint density at radius 3 is 3.38 bits per heavy atom. The lowest BCUT2D eigenvalue weighted by Crippen LogP contribution is -2.19. The molecule has 0 spiro atoms. The molecule has 1 atom stereocenters. The topological polar surface area (TPSA) is 40.7 Å². The van der Waals surface area contributed by atoms with Crippen LogP contribution in [-0.2, 0) is 13.0 Å². The molecule has 3 rings (SSSR count). The number of hydrogen-bond donors (Lipinski definition) is 2. The average Bonchev–Trinajstić information content (AvgIpc) is 2.91. The van der Waals surface area contributed by atoms with Crippen molar-refractivity contribution in [3.05, 3.63) is 39.1 Å². The summed E-state index contributed by atoms with van der Waals surface area (Å²) in [7, 11) is 0. The number of aromatic amines is 1. The van der Waals surface area contributed by atoms with Crippen LogP contribution in [0.3, 0.4) is 0 Å². The second-order valence-electron chi connectivity index (χ2n) is 3.94. The number of nitrogens with one attached hydrogen (secondary N) is 2. The molecule has 84 valence electrons. The Labute approximate surface area is 103 Å². The minimum absolute atomic E-state index is 0.434. The monoisotopic (exact) mass is 253 g/mol. The van der Waals surface area contributed by atoms with Gasteiger partial charge in [0.05, 0.1) is 10.9 Å². The molecule has 2 aromatic heterocycles. The van der Waals surface area contributed by atoms with Crippen LogP contribution in [0.25, 0.3) is 0 Å². The number of nitrogens with zero attached hydrogens (tertiary/aromatic N) is 1. The van der Waals surface area contributed by atoms with Gasteiger partial charge in [0.2, 0.25) is 0 Å². The molecule has 1 aliphatic carbocycles. The van der Waals surface area contributed by atoms with E-state index < -0.39 is 0 Å². The van der Waals surface area contributed by atoms with Crippen molar-refractivity contribution in [2.75, 3.05) is 0 Å². The Morgan fingerprint density at radius 2 is 2.56 bits per heavy atom. The fourth-order valence-corrected chi connectivity index (χ4v) is 3.51. The van der Waals surface area contributed by atoms with E-state index in [1.165, 1.54) is 16.9 Å². The molecule has 0 amide bonds. The van der Waals surface area contributed by atoms with E-state index in [4.69, 9.17) is 11.6 Å². The van der Waals surface area contributed by atoms with Crippen LogP contribution in [-0.4, -0.2) is 9.97 Å². The molecule has 2 N–H and O–H groups in total. The van der Waals surface area contributed by atoms with Crippen LogP contribution < -0.4 is 5.32 Å². The van der Waals surface area contributed by atoms with Crippen molar-refractivity contribution >= 4 is 22.9 Å². The maximum absolute atomic E-state index is 6.02. The smallest absolute Gasteiger partial charge is 0.120 e. The van der Waals surface area contributed by atoms with Crippen LogP contribution in [0.2, 0.25) is 4.34 Å². The first-order valence-corrected chi connectivity index (χ1v) is 6.52. The molecule has 2 heterocycles. The molecule has 1 unspecified atom stereocenters. The summed E-state index contributed by atoms with van der Waals surface area (Å²) in [6.45, 7) is 0.782. The van der Waals surface area contributed by atoms with Gasteiger partial charge in [0.25, 0.3) is 0 Å². The zero-order chi connectivity index (χ0) is 11.0. The van der Waals surface area contributed by atoms with E-state index in [1.807, 2.05) is 6.20 Å². The summed E-state index contributed by atoms with van der Waals surface area (Å²) in [4.78, 5) is 8.72. The van der Waals surface area contributed by atoms with E-state index in [0.29, 0.717) is 6.04 Å². The number of rotatable bonds is 3. The average molecular weight is 254 g/mol. The van der Waals surface area contributed by atoms with Gasteiger partial charge in [0, 0.05) is 23.3 Å². The zero-order valence-electron chi connectivity index (χ0n) is 8.66. The van der Waals surface area contributed by atoms with Gasteiger partial charge in [-0.25, -0.2) is 4.98 Å². The Bertz CT molecular complexity index is 477. The molecule has 0 aromatic carbocycles. The van der Waals surface area contributed by atoms with Gasteiger partial charge < -0.3 is 10.3 Å². The van der Waals surface area contributed by atoms with Crippen LogP contribution in [0.1, 0.15) is 28.7 Å². The number of aryl methyl sites for hydroxylation is 1. The number of thiophene rings is 1. The number of imidazole rings is 1. The van der Waals surface area contributed by atoms with E-state index in [0.717, 1.165) is 23.1 Å². The van der Waals surface area contributed by atoms with Crippen molar-refractivity contribution in [1.29, 1.82) is 0 Å². The van der Waals surface area contributed by atoms with Gasteiger partial charge >= 0.3 is 0 Å². The Hall–Kier alpha value is -0.840. The molecule has 1 aliphatic rings. The van der Waals surface area contributed by atoms with E-state index in [-0.39, 0.29) is 0 Å². The largest absolute Gasteiger partial charge is 0.348 e. The molecule has 0 aliphatic heterocycles. The van der Waals surface area contributed by atoms with Crippen molar-refractivity contribution in [2.45, 2.75) is 25.4 Å². The van der Waals surface area contributed by atoms with Gasteiger partial charge in [-0.2, -0.15) is 0 Å². The normalized spacial score (nSPS) is 18.9. The van der Waals surface area contributed by atoms with Crippen LogP contribution in [0, 0.1) is 0 Å². The second-order valence-corrected chi connectivity index (χ2v) is 5.71. The Kier molecular flexibility index (Phi) is 2.71. The molecule has 2 aromatic rings. The van der Waals surface area contributed by atoms with Crippen LogP contribution in [0.4, 0.5) is 0 Å². The van der Waals surface area contributed by atoms with Crippen molar-refractivity contribution in [1.82, 2.24) is 15.3 Å². The van der Waals surface area contributed by atoms with E-state index >= 15 is 0 Å².